The lowest BCUT2D eigenvalue weighted by Gasteiger charge is -2.27. The molecule has 7 nitrogen and oxygen atoms in total. The summed E-state index contributed by atoms with van der Waals surface area (Å²) in [4.78, 5) is 18.7. The van der Waals surface area contributed by atoms with Gasteiger partial charge in [0.05, 0.1) is 12.7 Å². The second-order valence-electron chi connectivity index (χ2n) is 6.52. The lowest BCUT2D eigenvalue weighted by molar-refractivity contribution is 0.0673. The van der Waals surface area contributed by atoms with Crippen LogP contribution >= 0.6 is 0 Å². The van der Waals surface area contributed by atoms with Gasteiger partial charge >= 0.3 is 0 Å². The van der Waals surface area contributed by atoms with Crippen molar-refractivity contribution in [2.75, 3.05) is 6.54 Å². The van der Waals surface area contributed by atoms with Crippen LogP contribution in [0.15, 0.2) is 40.9 Å². The highest BCUT2D eigenvalue weighted by atomic mass is 16.4. The highest BCUT2D eigenvalue weighted by molar-refractivity contribution is 5.91. The number of oxazole rings is 1. The standard InChI is InChI=1S/C18H17N5O2/c24-18(14-10-19-17(25-14)13-6-7-13)22-8-9-23-15(11-22)20-21-16(23)12-4-2-1-3-5-12/h1-5,10,13H,6-9,11H2. The van der Waals surface area contributed by atoms with Gasteiger partial charge in [-0.2, -0.15) is 0 Å². The maximum absolute atomic E-state index is 12.7. The van der Waals surface area contributed by atoms with E-state index >= 15 is 0 Å². The molecule has 25 heavy (non-hydrogen) atoms. The van der Waals surface area contributed by atoms with E-state index in [1.165, 1.54) is 0 Å². The molecule has 3 aromatic rings. The van der Waals surface area contributed by atoms with Crippen molar-refractivity contribution in [2.45, 2.75) is 31.8 Å². The van der Waals surface area contributed by atoms with Crippen molar-refractivity contribution >= 4 is 5.91 Å². The van der Waals surface area contributed by atoms with E-state index in [4.69, 9.17) is 4.42 Å². The Hall–Kier alpha value is -2.96. The van der Waals surface area contributed by atoms with Crippen LogP contribution in [0.2, 0.25) is 0 Å². The summed E-state index contributed by atoms with van der Waals surface area (Å²) in [5, 5.41) is 8.59. The zero-order valence-corrected chi connectivity index (χ0v) is 13.6. The number of nitrogens with zero attached hydrogens (tertiary/aromatic N) is 5. The quantitative estimate of drug-likeness (QED) is 0.735. The van der Waals surface area contributed by atoms with Crippen LogP contribution in [-0.2, 0) is 13.1 Å². The first-order valence-electron chi connectivity index (χ1n) is 8.52. The van der Waals surface area contributed by atoms with Crippen molar-refractivity contribution in [3.05, 3.63) is 54.0 Å². The van der Waals surface area contributed by atoms with Crippen LogP contribution in [0.5, 0.6) is 0 Å². The van der Waals surface area contributed by atoms with Crippen LogP contribution in [0.4, 0.5) is 0 Å². The van der Waals surface area contributed by atoms with Crippen molar-refractivity contribution in [1.29, 1.82) is 0 Å². The van der Waals surface area contributed by atoms with Crippen molar-refractivity contribution in [3.8, 4) is 11.4 Å². The van der Waals surface area contributed by atoms with Gasteiger partial charge in [-0.05, 0) is 12.8 Å². The summed E-state index contributed by atoms with van der Waals surface area (Å²) in [6, 6.07) is 9.98. The molecule has 1 fully saturated rings. The molecular weight excluding hydrogens is 318 g/mol. The lowest BCUT2D eigenvalue weighted by atomic mass is 10.2. The summed E-state index contributed by atoms with van der Waals surface area (Å²) in [5.41, 5.74) is 1.03. The summed E-state index contributed by atoms with van der Waals surface area (Å²) < 4.78 is 7.72. The number of carbonyl (C=O) groups excluding carboxylic acids is 1. The van der Waals surface area contributed by atoms with Crippen molar-refractivity contribution < 1.29 is 9.21 Å². The van der Waals surface area contributed by atoms with E-state index in [0.717, 1.165) is 30.1 Å². The van der Waals surface area contributed by atoms with E-state index in [0.29, 0.717) is 37.2 Å². The Morgan fingerprint density at radius 3 is 2.76 bits per heavy atom. The zero-order valence-electron chi connectivity index (χ0n) is 13.6. The van der Waals surface area contributed by atoms with E-state index in [1.807, 2.05) is 30.3 Å². The molecule has 1 saturated carbocycles. The second kappa shape index (κ2) is 5.54. The Balaban J connectivity index is 1.37. The third kappa shape index (κ3) is 2.52. The van der Waals surface area contributed by atoms with E-state index in [-0.39, 0.29) is 5.91 Å². The number of hydrogen-bond acceptors (Lipinski definition) is 5. The molecule has 2 aromatic heterocycles. The fourth-order valence-electron chi connectivity index (χ4n) is 3.19. The molecule has 0 unspecified atom stereocenters. The van der Waals surface area contributed by atoms with Gasteiger partial charge in [-0.25, -0.2) is 4.98 Å². The fourth-order valence-corrected chi connectivity index (χ4v) is 3.19. The first kappa shape index (κ1) is 14.4. The number of carbonyl (C=O) groups is 1. The van der Waals surface area contributed by atoms with Crippen LogP contribution < -0.4 is 0 Å². The highest BCUT2D eigenvalue weighted by Gasteiger charge is 2.31. The average Bonchev–Trinajstić information content (AvgIpc) is 3.24. The molecule has 0 atom stereocenters. The summed E-state index contributed by atoms with van der Waals surface area (Å²) >= 11 is 0. The average molecular weight is 335 g/mol. The third-order valence-corrected chi connectivity index (χ3v) is 4.73. The smallest absolute Gasteiger partial charge is 0.291 e. The fraction of sp³-hybridized carbons (Fsp3) is 0.333. The molecule has 0 radical (unpaired) electrons. The van der Waals surface area contributed by atoms with Crippen LogP contribution in [0, 0.1) is 0 Å². The van der Waals surface area contributed by atoms with Crippen molar-refractivity contribution in [2.24, 2.45) is 0 Å². The van der Waals surface area contributed by atoms with Gasteiger partial charge in [-0.3, -0.25) is 4.79 Å². The van der Waals surface area contributed by atoms with Crippen molar-refractivity contribution in [1.82, 2.24) is 24.6 Å². The predicted octanol–water partition coefficient (Wildman–Crippen LogP) is 2.47. The monoisotopic (exact) mass is 335 g/mol. The zero-order chi connectivity index (χ0) is 16.8. The van der Waals surface area contributed by atoms with Crippen LogP contribution in [0.1, 0.15) is 41.0 Å². The molecule has 126 valence electrons. The second-order valence-corrected chi connectivity index (χ2v) is 6.52. The molecule has 1 amide bonds. The Kier molecular flexibility index (Phi) is 3.19. The lowest BCUT2D eigenvalue weighted by Crippen LogP contribution is -2.38. The van der Waals surface area contributed by atoms with E-state index in [1.54, 1.807) is 11.1 Å². The van der Waals surface area contributed by atoms with Crippen molar-refractivity contribution in [3.63, 3.8) is 0 Å². The highest BCUT2D eigenvalue weighted by Crippen LogP contribution is 2.39. The molecule has 0 saturated heterocycles. The molecule has 0 spiro atoms. The maximum Gasteiger partial charge on any atom is 0.291 e. The predicted molar refractivity (Wildman–Crippen MR) is 88.7 cm³/mol. The molecular formula is C18H17N5O2. The molecule has 2 aliphatic rings. The van der Waals surface area contributed by atoms with Crippen LogP contribution in [-0.4, -0.2) is 37.1 Å². The minimum Gasteiger partial charge on any atom is -0.435 e. The Labute approximate surface area is 144 Å². The number of benzene rings is 1. The number of amides is 1. The molecule has 1 aromatic carbocycles. The largest absolute Gasteiger partial charge is 0.435 e. The molecule has 0 bridgehead atoms. The number of aromatic nitrogens is 4. The normalized spacial score (nSPS) is 16.7. The first-order chi connectivity index (χ1) is 12.3. The van der Waals surface area contributed by atoms with Gasteiger partial charge in [0.1, 0.15) is 0 Å². The molecule has 7 heteroatoms. The summed E-state index contributed by atoms with van der Waals surface area (Å²) in [6.07, 6.45) is 3.75. The van der Waals surface area contributed by atoms with Crippen LogP contribution in [0.25, 0.3) is 11.4 Å². The maximum atomic E-state index is 12.7. The molecule has 1 aliphatic heterocycles. The molecule has 5 rings (SSSR count). The third-order valence-electron chi connectivity index (χ3n) is 4.73. The van der Waals surface area contributed by atoms with E-state index < -0.39 is 0 Å². The summed E-state index contributed by atoms with van der Waals surface area (Å²) in [7, 11) is 0. The molecule has 0 N–H and O–H groups in total. The van der Waals surface area contributed by atoms with Gasteiger partial charge in [-0.1, -0.05) is 30.3 Å². The Morgan fingerprint density at radius 2 is 1.96 bits per heavy atom. The van der Waals surface area contributed by atoms with Gasteiger partial charge < -0.3 is 13.9 Å². The van der Waals surface area contributed by atoms with E-state index in [9.17, 15) is 4.79 Å². The van der Waals surface area contributed by atoms with Gasteiger partial charge in [0.15, 0.2) is 17.5 Å². The van der Waals surface area contributed by atoms with E-state index in [2.05, 4.69) is 19.7 Å². The summed E-state index contributed by atoms with van der Waals surface area (Å²) in [6.45, 7) is 1.70. The van der Waals surface area contributed by atoms with Gasteiger partial charge in [0.2, 0.25) is 5.76 Å². The minimum atomic E-state index is -0.130. The number of fused-ring (bicyclic) bond motifs is 1. The first-order valence-corrected chi connectivity index (χ1v) is 8.52. The molecule has 3 heterocycles. The topological polar surface area (TPSA) is 77.0 Å². The van der Waals surface area contributed by atoms with Gasteiger partial charge in [0.25, 0.3) is 5.91 Å². The number of rotatable bonds is 3. The minimum absolute atomic E-state index is 0.130. The number of hydrogen-bond donors (Lipinski definition) is 0. The van der Waals surface area contributed by atoms with Gasteiger partial charge in [-0.15, -0.1) is 10.2 Å². The van der Waals surface area contributed by atoms with Gasteiger partial charge in [0, 0.05) is 24.6 Å². The SMILES string of the molecule is O=C(c1cnc(C2CC2)o1)N1CCn2c(nnc2-c2ccccc2)C1. The van der Waals surface area contributed by atoms with Crippen LogP contribution in [0.3, 0.4) is 0 Å². The molecule has 1 aliphatic carbocycles. The Bertz CT molecular complexity index is 926. The summed E-state index contributed by atoms with van der Waals surface area (Å²) in [5.74, 6) is 2.92. The Morgan fingerprint density at radius 1 is 1.12 bits per heavy atom.